The zero-order valence-corrected chi connectivity index (χ0v) is 11.7. The van der Waals surface area contributed by atoms with E-state index in [1.807, 2.05) is 13.8 Å². The van der Waals surface area contributed by atoms with Crippen molar-refractivity contribution in [2.75, 3.05) is 6.61 Å². The third-order valence-electron chi connectivity index (χ3n) is 2.85. The van der Waals surface area contributed by atoms with Crippen molar-refractivity contribution in [3.63, 3.8) is 0 Å². The van der Waals surface area contributed by atoms with E-state index >= 15 is 0 Å². The second-order valence-electron chi connectivity index (χ2n) is 4.55. The highest BCUT2D eigenvalue weighted by Gasteiger charge is 2.31. The van der Waals surface area contributed by atoms with Gasteiger partial charge in [0.1, 0.15) is 9.88 Å². The van der Waals surface area contributed by atoms with Crippen LogP contribution in [0.4, 0.5) is 0 Å². The minimum Gasteiger partial charge on any atom is -0.462 e. The highest BCUT2D eigenvalue weighted by atomic mass is 32.1. The number of carbonyl (C=O) groups is 1. The van der Waals surface area contributed by atoms with Crippen LogP contribution in [0.5, 0.6) is 0 Å². The molecule has 1 rings (SSSR count). The fourth-order valence-corrected chi connectivity index (χ4v) is 2.38. The van der Waals surface area contributed by atoms with Crippen LogP contribution in [0, 0.1) is 6.92 Å². The fourth-order valence-electron chi connectivity index (χ4n) is 1.24. The first-order valence-corrected chi connectivity index (χ1v) is 6.45. The number of ether oxygens (including phenoxy) is 1. The lowest BCUT2D eigenvalue weighted by atomic mass is 9.88. The number of thiazole rings is 1. The van der Waals surface area contributed by atoms with Gasteiger partial charge >= 0.3 is 5.97 Å². The molecule has 4 nitrogen and oxygen atoms in total. The molecule has 0 aliphatic heterocycles. The number of carbonyl (C=O) groups excluding carboxylic acids is 1. The van der Waals surface area contributed by atoms with Crippen molar-refractivity contribution < 1.29 is 14.6 Å². The monoisotopic (exact) mass is 257 g/mol. The number of rotatable bonds is 4. The molecule has 1 aromatic rings. The highest BCUT2D eigenvalue weighted by Crippen LogP contribution is 2.32. The summed E-state index contributed by atoms with van der Waals surface area (Å²) in [6.45, 7) is 9.45. The Morgan fingerprint density at radius 3 is 2.65 bits per heavy atom. The minimum atomic E-state index is -0.525. The molecule has 1 heterocycles. The largest absolute Gasteiger partial charge is 0.462 e. The van der Waals surface area contributed by atoms with Crippen molar-refractivity contribution in [1.29, 1.82) is 0 Å². The summed E-state index contributed by atoms with van der Waals surface area (Å²) in [4.78, 5) is 16.5. The van der Waals surface area contributed by atoms with E-state index in [1.54, 1.807) is 20.8 Å². The number of aryl methyl sites for hydroxylation is 1. The Bertz CT molecular complexity index is 410. The lowest BCUT2D eigenvalue weighted by molar-refractivity contribution is 0.0531. The molecule has 1 N–H and O–H groups in total. The van der Waals surface area contributed by atoms with Gasteiger partial charge < -0.3 is 9.84 Å². The predicted octanol–water partition coefficient (Wildman–Crippen LogP) is 2.29. The van der Waals surface area contributed by atoms with Gasteiger partial charge in [0.15, 0.2) is 0 Å². The summed E-state index contributed by atoms with van der Waals surface area (Å²) in [5.41, 5.74) is 0.206. The number of aliphatic hydroxyl groups is 1. The van der Waals surface area contributed by atoms with Crippen LogP contribution in [-0.4, -0.2) is 28.8 Å². The van der Waals surface area contributed by atoms with Crippen molar-refractivity contribution in [3.05, 3.63) is 15.6 Å². The van der Waals surface area contributed by atoms with Crippen LogP contribution in [0.15, 0.2) is 0 Å². The molecule has 0 amide bonds. The quantitative estimate of drug-likeness (QED) is 0.841. The topological polar surface area (TPSA) is 59.4 Å². The van der Waals surface area contributed by atoms with Gasteiger partial charge in [-0.3, -0.25) is 0 Å². The van der Waals surface area contributed by atoms with Gasteiger partial charge in [0.05, 0.1) is 18.4 Å². The van der Waals surface area contributed by atoms with Crippen LogP contribution in [0.3, 0.4) is 0 Å². The summed E-state index contributed by atoms with van der Waals surface area (Å²) in [6.07, 6.45) is -0.525. The summed E-state index contributed by atoms with van der Waals surface area (Å²) in [5.74, 6) is -0.338. The first-order chi connectivity index (χ1) is 7.80. The summed E-state index contributed by atoms with van der Waals surface area (Å²) < 4.78 is 4.96. The first-order valence-electron chi connectivity index (χ1n) is 5.63. The molecule has 17 heavy (non-hydrogen) atoms. The lowest BCUT2D eigenvalue weighted by Gasteiger charge is -2.25. The fraction of sp³-hybridized carbons (Fsp3) is 0.667. The number of nitrogens with zero attached hydrogens (tertiary/aromatic N) is 1. The van der Waals surface area contributed by atoms with Gasteiger partial charge in [-0.15, -0.1) is 11.3 Å². The Kier molecular flexibility index (Phi) is 4.27. The molecule has 0 aliphatic carbocycles. The van der Waals surface area contributed by atoms with Gasteiger partial charge in [-0.1, -0.05) is 13.8 Å². The molecule has 1 aromatic heterocycles. The molecule has 96 valence electrons. The van der Waals surface area contributed by atoms with E-state index in [2.05, 4.69) is 4.98 Å². The SMILES string of the molecule is CCOC(=O)c1sc(C(C)(C)C(C)O)nc1C. The van der Waals surface area contributed by atoms with Crippen LogP contribution in [-0.2, 0) is 10.2 Å². The molecule has 0 aliphatic rings. The Labute approximate surface area is 106 Å². The Hall–Kier alpha value is -0.940. The van der Waals surface area contributed by atoms with E-state index in [4.69, 9.17) is 4.74 Å². The average Bonchev–Trinajstić information content (AvgIpc) is 2.61. The van der Waals surface area contributed by atoms with Gasteiger partial charge in [0.25, 0.3) is 0 Å². The molecule has 5 heteroatoms. The molecule has 0 saturated heterocycles. The number of esters is 1. The maximum absolute atomic E-state index is 11.7. The smallest absolute Gasteiger partial charge is 0.350 e. The Balaban J connectivity index is 3.08. The van der Waals surface area contributed by atoms with Crippen LogP contribution >= 0.6 is 11.3 Å². The third kappa shape index (κ3) is 2.84. The Morgan fingerprint density at radius 2 is 2.18 bits per heavy atom. The summed E-state index contributed by atoms with van der Waals surface area (Å²) >= 11 is 1.30. The van der Waals surface area contributed by atoms with Gasteiger partial charge in [-0.25, -0.2) is 9.78 Å². The molecule has 0 aromatic carbocycles. The third-order valence-corrected chi connectivity index (χ3v) is 4.33. The van der Waals surface area contributed by atoms with E-state index in [-0.39, 0.29) is 5.97 Å². The molecule has 1 unspecified atom stereocenters. The number of aromatic nitrogens is 1. The van der Waals surface area contributed by atoms with Crippen LogP contribution < -0.4 is 0 Å². The standard InChI is InChI=1S/C12H19NO3S/c1-6-16-10(15)9-7(2)13-11(17-9)12(4,5)8(3)14/h8,14H,6H2,1-5H3. The van der Waals surface area contributed by atoms with Gasteiger partial charge in [0, 0.05) is 5.41 Å². The number of hydrogen-bond acceptors (Lipinski definition) is 5. The second kappa shape index (κ2) is 5.14. The number of aliphatic hydroxyl groups excluding tert-OH is 1. The summed E-state index contributed by atoms with van der Waals surface area (Å²) in [6, 6.07) is 0. The van der Waals surface area contributed by atoms with Crippen molar-refractivity contribution in [1.82, 2.24) is 4.98 Å². The lowest BCUT2D eigenvalue weighted by Crippen LogP contribution is -2.30. The molecular weight excluding hydrogens is 238 g/mol. The van der Waals surface area contributed by atoms with Crippen LogP contribution in [0.2, 0.25) is 0 Å². The van der Waals surface area contributed by atoms with E-state index < -0.39 is 11.5 Å². The molecule has 0 saturated carbocycles. The Morgan fingerprint density at radius 1 is 1.59 bits per heavy atom. The minimum absolute atomic E-state index is 0.338. The summed E-state index contributed by atoms with van der Waals surface area (Å²) in [5, 5.41) is 10.5. The normalized spacial score (nSPS) is 13.5. The van der Waals surface area contributed by atoms with E-state index in [0.717, 1.165) is 5.01 Å². The maximum atomic E-state index is 11.7. The molecule has 0 spiro atoms. The highest BCUT2D eigenvalue weighted by molar-refractivity contribution is 7.13. The summed E-state index contributed by atoms with van der Waals surface area (Å²) in [7, 11) is 0. The van der Waals surface area contributed by atoms with Crippen LogP contribution in [0.25, 0.3) is 0 Å². The predicted molar refractivity (Wildman–Crippen MR) is 67.5 cm³/mol. The zero-order valence-electron chi connectivity index (χ0n) is 10.9. The van der Waals surface area contributed by atoms with Gasteiger partial charge in [-0.2, -0.15) is 0 Å². The van der Waals surface area contributed by atoms with Crippen molar-refractivity contribution in [3.8, 4) is 0 Å². The number of hydrogen-bond donors (Lipinski definition) is 1. The van der Waals surface area contributed by atoms with E-state index in [9.17, 15) is 9.90 Å². The molecule has 0 radical (unpaired) electrons. The van der Waals surface area contributed by atoms with E-state index in [1.165, 1.54) is 11.3 Å². The van der Waals surface area contributed by atoms with Gasteiger partial charge in [-0.05, 0) is 20.8 Å². The van der Waals surface area contributed by atoms with Crippen molar-refractivity contribution in [2.45, 2.75) is 46.1 Å². The van der Waals surface area contributed by atoms with Crippen molar-refractivity contribution in [2.24, 2.45) is 0 Å². The molecule has 0 fully saturated rings. The second-order valence-corrected chi connectivity index (χ2v) is 5.55. The van der Waals surface area contributed by atoms with Crippen LogP contribution in [0.1, 0.15) is 48.1 Å². The molecule has 1 atom stereocenters. The van der Waals surface area contributed by atoms with Crippen molar-refractivity contribution >= 4 is 17.3 Å². The van der Waals surface area contributed by atoms with E-state index in [0.29, 0.717) is 17.2 Å². The first kappa shape index (κ1) is 14.1. The average molecular weight is 257 g/mol. The maximum Gasteiger partial charge on any atom is 0.350 e. The molecule has 0 bridgehead atoms. The van der Waals surface area contributed by atoms with Gasteiger partial charge in [0.2, 0.25) is 0 Å². The zero-order chi connectivity index (χ0) is 13.2. The molecular formula is C12H19NO3S.